The second-order valence-corrected chi connectivity index (χ2v) is 8.07. The lowest BCUT2D eigenvalue weighted by molar-refractivity contribution is -0.0614. The summed E-state index contributed by atoms with van der Waals surface area (Å²) in [6.45, 7) is 5.76. The van der Waals surface area contributed by atoms with Gasteiger partial charge in [-0.1, -0.05) is 30.3 Å². The quantitative estimate of drug-likeness (QED) is 0.839. The van der Waals surface area contributed by atoms with Crippen molar-refractivity contribution in [3.05, 3.63) is 35.9 Å². The molecule has 2 saturated heterocycles. The largest absolute Gasteiger partial charge is 0.444 e. The first kappa shape index (κ1) is 17.3. The zero-order valence-corrected chi connectivity index (χ0v) is 15.2. The average molecular weight is 331 g/mol. The highest BCUT2D eigenvalue weighted by molar-refractivity contribution is 5.70. The predicted octanol–water partition coefficient (Wildman–Crippen LogP) is 4.03. The number of hydrogen-bond acceptors (Lipinski definition) is 3. The third kappa shape index (κ3) is 3.59. The van der Waals surface area contributed by atoms with Gasteiger partial charge in [0.15, 0.2) is 0 Å². The molecule has 132 valence electrons. The third-order valence-electron chi connectivity index (χ3n) is 5.18. The number of hydrogen-bond donors (Lipinski definition) is 0. The lowest BCUT2D eigenvalue weighted by atomic mass is 9.83. The van der Waals surface area contributed by atoms with Gasteiger partial charge in [-0.15, -0.1) is 0 Å². The molecule has 0 unspecified atom stereocenters. The Morgan fingerprint density at radius 3 is 2.54 bits per heavy atom. The molecule has 1 aromatic rings. The molecule has 2 bridgehead atoms. The maximum absolute atomic E-state index is 12.6. The van der Waals surface area contributed by atoms with Gasteiger partial charge >= 0.3 is 6.09 Å². The Bertz CT molecular complexity index is 566. The number of amides is 1. The fraction of sp³-hybridized carbons (Fsp3) is 0.650. The van der Waals surface area contributed by atoms with Gasteiger partial charge in [-0.2, -0.15) is 0 Å². The molecule has 4 heteroatoms. The smallest absolute Gasteiger partial charge is 0.410 e. The zero-order valence-electron chi connectivity index (χ0n) is 15.2. The number of fused-ring (bicyclic) bond motifs is 2. The van der Waals surface area contributed by atoms with E-state index in [4.69, 9.17) is 9.47 Å². The van der Waals surface area contributed by atoms with Crippen LogP contribution in [0.5, 0.6) is 0 Å². The first-order valence-electron chi connectivity index (χ1n) is 8.97. The van der Waals surface area contributed by atoms with Crippen molar-refractivity contribution in [3.63, 3.8) is 0 Å². The number of carbonyl (C=O) groups excluding carboxylic acids is 1. The van der Waals surface area contributed by atoms with E-state index in [9.17, 15) is 4.79 Å². The highest BCUT2D eigenvalue weighted by Gasteiger charge is 2.50. The molecule has 1 amide bonds. The first-order chi connectivity index (χ1) is 11.4. The Hall–Kier alpha value is -1.55. The molecule has 0 N–H and O–H groups in total. The SMILES string of the molecule is CO[C@@H]1[C@@H](Cc2ccccc2)C[C@@H]2CC[C@H]1N2C(=O)OC(C)(C)C. The zero-order chi connectivity index (χ0) is 17.3. The van der Waals surface area contributed by atoms with Crippen molar-refractivity contribution in [3.8, 4) is 0 Å². The number of methoxy groups -OCH3 is 1. The maximum Gasteiger partial charge on any atom is 0.410 e. The number of rotatable bonds is 3. The van der Waals surface area contributed by atoms with Gasteiger partial charge in [0, 0.05) is 13.2 Å². The van der Waals surface area contributed by atoms with E-state index < -0.39 is 5.60 Å². The number of piperidine rings is 1. The molecule has 2 fully saturated rings. The molecule has 2 aliphatic heterocycles. The van der Waals surface area contributed by atoms with Gasteiger partial charge in [-0.05, 0) is 57.9 Å². The normalized spacial score (nSPS) is 29.6. The minimum Gasteiger partial charge on any atom is -0.444 e. The van der Waals surface area contributed by atoms with E-state index in [0.29, 0.717) is 5.92 Å². The van der Waals surface area contributed by atoms with Crippen molar-refractivity contribution in [2.24, 2.45) is 5.92 Å². The number of carbonyl (C=O) groups is 1. The summed E-state index contributed by atoms with van der Waals surface area (Å²) in [4.78, 5) is 14.6. The monoisotopic (exact) mass is 331 g/mol. The molecule has 0 saturated carbocycles. The third-order valence-corrected chi connectivity index (χ3v) is 5.18. The van der Waals surface area contributed by atoms with Crippen molar-refractivity contribution in [1.82, 2.24) is 4.90 Å². The molecule has 1 aromatic carbocycles. The van der Waals surface area contributed by atoms with E-state index in [1.54, 1.807) is 7.11 Å². The topological polar surface area (TPSA) is 38.8 Å². The summed E-state index contributed by atoms with van der Waals surface area (Å²) < 4.78 is 11.5. The maximum atomic E-state index is 12.6. The van der Waals surface area contributed by atoms with Crippen LogP contribution >= 0.6 is 0 Å². The molecule has 24 heavy (non-hydrogen) atoms. The fourth-order valence-electron chi connectivity index (χ4n) is 4.33. The molecular weight excluding hydrogens is 302 g/mol. The van der Waals surface area contributed by atoms with Gasteiger partial charge in [0.05, 0.1) is 12.1 Å². The van der Waals surface area contributed by atoms with Gasteiger partial charge in [-0.3, -0.25) is 4.90 Å². The highest BCUT2D eigenvalue weighted by Crippen LogP contribution is 2.42. The molecule has 0 aliphatic carbocycles. The molecule has 0 aromatic heterocycles. The summed E-state index contributed by atoms with van der Waals surface area (Å²) >= 11 is 0. The van der Waals surface area contributed by atoms with Crippen LogP contribution in [0.3, 0.4) is 0 Å². The summed E-state index contributed by atoms with van der Waals surface area (Å²) in [5.41, 5.74) is 0.884. The number of ether oxygens (including phenoxy) is 2. The van der Waals surface area contributed by atoms with Gasteiger partial charge in [0.2, 0.25) is 0 Å². The van der Waals surface area contributed by atoms with Gasteiger partial charge < -0.3 is 9.47 Å². The number of nitrogens with zero attached hydrogens (tertiary/aromatic N) is 1. The second kappa shape index (κ2) is 6.75. The van der Waals surface area contributed by atoms with Crippen LogP contribution in [-0.4, -0.2) is 41.9 Å². The molecular formula is C20H29NO3. The minimum atomic E-state index is -0.458. The lowest BCUT2D eigenvalue weighted by Crippen LogP contribution is -2.56. The van der Waals surface area contributed by atoms with Crippen molar-refractivity contribution < 1.29 is 14.3 Å². The van der Waals surface area contributed by atoms with Crippen molar-refractivity contribution in [1.29, 1.82) is 0 Å². The summed E-state index contributed by atoms with van der Waals surface area (Å²) in [6.07, 6.45) is 3.95. The van der Waals surface area contributed by atoms with E-state index >= 15 is 0 Å². The molecule has 4 nitrogen and oxygen atoms in total. The van der Waals surface area contributed by atoms with Crippen LogP contribution in [0.2, 0.25) is 0 Å². The van der Waals surface area contributed by atoms with Gasteiger partial charge in [0.25, 0.3) is 0 Å². The summed E-state index contributed by atoms with van der Waals surface area (Å²) in [5.74, 6) is 0.452. The van der Waals surface area contributed by atoms with Crippen LogP contribution in [0, 0.1) is 5.92 Å². The molecule has 0 spiro atoms. The highest BCUT2D eigenvalue weighted by atomic mass is 16.6. The molecule has 0 radical (unpaired) electrons. The average Bonchev–Trinajstić information content (AvgIpc) is 2.83. The van der Waals surface area contributed by atoms with Gasteiger partial charge in [-0.25, -0.2) is 4.79 Å². The first-order valence-corrected chi connectivity index (χ1v) is 8.97. The fourth-order valence-corrected chi connectivity index (χ4v) is 4.33. The second-order valence-electron chi connectivity index (χ2n) is 8.07. The van der Waals surface area contributed by atoms with Crippen molar-refractivity contribution >= 4 is 6.09 Å². The Labute approximate surface area is 145 Å². The van der Waals surface area contributed by atoms with Crippen molar-refractivity contribution in [2.75, 3.05) is 7.11 Å². The van der Waals surface area contributed by atoms with Crippen LogP contribution in [0.15, 0.2) is 30.3 Å². The summed E-state index contributed by atoms with van der Waals surface area (Å²) in [7, 11) is 1.77. The Morgan fingerprint density at radius 1 is 1.21 bits per heavy atom. The Morgan fingerprint density at radius 2 is 1.92 bits per heavy atom. The lowest BCUT2D eigenvalue weighted by Gasteiger charge is -2.44. The van der Waals surface area contributed by atoms with Crippen LogP contribution in [0.1, 0.15) is 45.6 Å². The van der Waals surface area contributed by atoms with Gasteiger partial charge in [0.1, 0.15) is 5.60 Å². The van der Waals surface area contributed by atoms with Crippen LogP contribution < -0.4 is 0 Å². The van der Waals surface area contributed by atoms with Crippen molar-refractivity contribution in [2.45, 2.75) is 70.2 Å². The standard InChI is InChI=1S/C20H29NO3/c1-20(2,3)24-19(22)21-16-10-11-17(21)18(23-4)15(13-16)12-14-8-6-5-7-9-14/h5-9,15-18H,10-13H2,1-4H3/t15-,16-,17+,18+/m0/s1. The molecule has 2 aliphatic rings. The van der Waals surface area contributed by atoms with E-state index in [1.807, 2.05) is 31.7 Å². The van der Waals surface area contributed by atoms with E-state index in [1.165, 1.54) is 5.56 Å². The van der Waals surface area contributed by atoms with E-state index in [0.717, 1.165) is 25.7 Å². The molecule has 4 atom stereocenters. The Balaban J connectivity index is 1.75. The molecule has 2 heterocycles. The van der Waals surface area contributed by atoms with E-state index in [-0.39, 0.29) is 24.3 Å². The predicted molar refractivity (Wildman–Crippen MR) is 93.9 cm³/mol. The minimum absolute atomic E-state index is 0.0801. The van der Waals surface area contributed by atoms with Crippen LogP contribution in [0.4, 0.5) is 4.79 Å². The van der Waals surface area contributed by atoms with Crippen LogP contribution in [-0.2, 0) is 15.9 Å². The summed E-state index contributed by atoms with van der Waals surface area (Å²) in [5, 5.41) is 0. The summed E-state index contributed by atoms with van der Waals surface area (Å²) in [6, 6.07) is 11.0. The van der Waals surface area contributed by atoms with E-state index in [2.05, 4.69) is 24.3 Å². The molecule has 3 rings (SSSR count). The number of benzene rings is 1. The Kier molecular flexibility index (Phi) is 4.86. The van der Waals surface area contributed by atoms with Crippen LogP contribution in [0.25, 0.3) is 0 Å².